The average Bonchev–Trinajstić information content (AvgIpc) is 2.91. The third kappa shape index (κ3) is 6.90. The highest BCUT2D eigenvalue weighted by molar-refractivity contribution is 7.92. The Kier molecular flexibility index (Phi) is 9.72. The van der Waals surface area contributed by atoms with E-state index in [1.165, 1.54) is 17.0 Å². The van der Waals surface area contributed by atoms with E-state index in [1.807, 2.05) is 37.3 Å². The maximum Gasteiger partial charge on any atom is 0.264 e. The van der Waals surface area contributed by atoms with E-state index in [0.717, 1.165) is 16.3 Å². The summed E-state index contributed by atoms with van der Waals surface area (Å²) in [5.41, 5.74) is 1.65. The van der Waals surface area contributed by atoms with Crippen molar-refractivity contribution in [3.05, 3.63) is 95.0 Å². The van der Waals surface area contributed by atoms with Crippen LogP contribution in [0.5, 0.6) is 0 Å². The highest BCUT2D eigenvalue weighted by atomic mass is 35.5. The van der Waals surface area contributed by atoms with E-state index in [2.05, 4.69) is 5.32 Å². The van der Waals surface area contributed by atoms with Gasteiger partial charge in [-0.3, -0.25) is 13.9 Å². The molecule has 0 saturated carbocycles. The van der Waals surface area contributed by atoms with E-state index in [0.29, 0.717) is 22.8 Å². The fourth-order valence-corrected chi connectivity index (χ4v) is 5.52. The number of nitrogens with one attached hydrogen (secondary N) is 1. The van der Waals surface area contributed by atoms with Gasteiger partial charge in [-0.05, 0) is 55.7 Å². The minimum absolute atomic E-state index is 0.0468. The standard InChI is InChI=1S/C28H32ClN3O4S/c1-4-18-30-28(34)22(3)31(19-23-12-7-5-8-13-23)27(33)20-32(26-17-11-16-25(29)21(26)2)37(35,36)24-14-9-6-10-15-24/h5-17,22H,4,18-20H2,1-3H3,(H,30,34). The lowest BCUT2D eigenvalue weighted by atomic mass is 10.1. The molecular formula is C28H32ClN3O4S. The second-order valence-corrected chi connectivity index (χ2v) is 11.0. The van der Waals surface area contributed by atoms with E-state index < -0.39 is 28.5 Å². The Balaban J connectivity index is 2.04. The molecule has 196 valence electrons. The topological polar surface area (TPSA) is 86.8 Å². The average molecular weight is 542 g/mol. The highest BCUT2D eigenvalue weighted by Gasteiger charge is 2.33. The molecule has 1 unspecified atom stereocenters. The Hall–Kier alpha value is -3.36. The number of anilines is 1. The first-order valence-corrected chi connectivity index (χ1v) is 13.9. The summed E-state index contributed by atoms with van der Waals surface area (Å²) in [4.78, 5) is 28.1. The van der Waals surface area contributed by atoms with Crippen molar-refractivity contribution in [2.24, 2.45) is 0 Å². The van der Waals surface area contributed by atoms with Crippen molar-refractivity contribution in [2.45, 2.75) is 44.7 Å². The number of sulfonamides is 1. The van der Waals surface area contributed by atoms with Crippen molar-refractivity contribution in [1.29, 1.82) is 0 Å². The van der Waals surface area contributed by atoms with Crippen LogP contribution in [-0.4, -0.2) is 44.3 Å². The first kappa shape index (κ1) is 28.2. The first-order chi connectivity index (χ1) is 17.7. The molecule has 37 heavy (non-hydrogen) atoms. The number of benzene rings is 3. The van der Waals surface area contributed by atoms with Gasteiger partial charge in [0, 0.05) is 18.1 Å². The Bertz CT molecular complexity index is 1320. The predicted molar refractivity (Wildman–Crippen MR) is 147 cm³/mol. The number of hydrogen-bond donors (Lipinski definition) is 1. The lowest BCUT2D eigenvalue weighted by Gasteiger charge is -2.32. The van der Waals surface area contributed by atoms with Crippen LogP contribution in [0, 0.1) is 6.92 Å². The van der Waals surface area contributed by atoms with E-state index in [9.17, 15) is 18.0 Å². The Labute approximate surface area is 224 Å². The van der Waals surface area contributed by atoms with Gasteiger partial charge in [0.25, 0.3) is 10.0 Å². The van der Waals surface area contributed by atoms with E-state index in [-0.39, 0.29) is 17.3 Å². The zero-order chi connectivity index (χ0) is 27.0. The summed E-state index contributed by atoms with van der Waals surface area (Å²) in [6, 6.07) is 21.3. The molecule has 0 bridgehead atoms. The van der Waals surface area contributed by atoms with E-state index in [4.69, 9.17) is 11.6 Å². The van der Waals surface area contributed by atoms with Crippen LogP contribution in [-0.2, 0) is 26.2 Å². The third-order valence-electron chi connectivity index (χ3n) is 6.03. The largest absolute Gasteiger partial charge is 0.354 e. The zero-order valence-corrected chi connectivity index (χ0v) is 22.8. The molecule has 1 atom stereocenters. The van der Waals surface area contributed by atoms with Crippen LogP contribution in [0.2, 0.25) is 5.02 Å². The molecule has 0 saturated heterocycles. The Morgan fingerprint density at radius 3 is 2.19 bits per heavy atom. The van der Waals surface area contributed by atoms with Crippen molar-refractivity contribution in [1.82, 2.24) is 10.2 Å². The van der Waals surface area contributed by atoms with E-state index >= 15 is 0 Å². The van der Waals surface area contributed by atoms with Gasteiger partial charge in [0.05, 0.1) is 10.6 Å². The van der Waals surface area contributed by atoms with Gasteiger partial charge < -0.3 is 10.2 Å². The zero-order valence-electron chi connectivity index (χ0n) is 21.2. The summed E-state index contributed by atoms with van der Waals surface area (Å²) in [6.45, 7) is 5.42. The van der Waals surface area contributed by atoms with Gasteiger partial charge in [-0.15, -0.1) is 0 Å². The van der Waals surface area contributed by atoms with Crippen LogP contribution in [0.25, 0.3) is 0 Å². The van der Waals surface area contributed by atoms with Crippen molar-refractivity contribution < 1.29 is 18.0 Å². The number of nitrogens with zero attached hydrogens (tertiary/aromatic N) is 2. The van der Waals surface area contributed by atoms with Gasteiger partial charge in [0.15, 0.2) is 0 Å². The molecular weight excluding hydrogens is 510 g/mol. The Morgan fingerprint density at radius 1 is 0.946 bits per heavy atom. The molecule has 0 radical (unpaired) electrons. The number of amides is 2. The van der Waals surface area contributed by atoms with Crippen molar-refractivity contribution in [3.8, 4) is 0 Å². The van der Waals surface area contributed by atoms with Gasteiger partial charge in [-0.25, -0.2) is 8.42 Å². The summed E-state index contributed by atoms with van der Waals surface area (Å²) in [5.74, 6) is -0.815. The molecule has 0 spiro atoms. The summed E-state index contributed by atoms with van der Waals surface area (Å²) in [6.07, 6.45) is 0.752. The van der Waals surface area contributed by atoms with Gasteiger partial charge >= 0.3 is 0 Å². The van der Waals surface area contributed by atoms with Crippen LogP contribution in [0.15, 0.2) is 83.8 Å². The summed E-state index contributed by atoms with van der Waals surface area (Å²) >= 11 is 6.33. The first-order valence-electron chi connectivity index (χ1n) is 12.1. The van der Waals surface area contributed by atoms with Crippen molar-refractivity contribution in [3.63, 3.8) is 0 Å². The number of carbonyl (C=O) groups is 2. The lowest BCUT2D eigenvalue weighted by molar-refractivity contribution is -0.139. The monoisotopic (exact) mass is 541 g/mol. The van der Waals surface area contributed by atoms with Gasteiger partial charge in [0.1, 0.15) is 12.6 Å². The van der Waals surface area contributed by atoms with Crippen LogP contribution >= 0.6 is 11.6 Å². The summed E-state index contributed by atoms with van der Waals surface area (Å²) in [7, 11) is -4.13. The SMILES string of the molecule is CCCNC(=O)C(C)N(Cc1ccccc1)C(=O)CN(c1cccc(Cl)c1C)S(=O)(=O)c1ccccc1. The fraction of sp³-hybridized carbons (Fsp3) is 0.286. The van der Waals surface area contributed by atoms with Crippen molar-refractivity contribution in [2.75, 3.05) is 17.4 Å². The smallest absolute Gasteiger partial charge is 0.264 e. The molecule has 0 aromatic heterocycles. The summed E-state index contributed by atoms with van der Waals surface area (Å²) in [5, 5.41) is 3.21. The van der Waals surface area contributed by atoms with Gasteiger partial charge in [-0.1, -0.05) is 73.1 Å². The predicted octanol–water partition coefficient (Wildman–Crippen LogP) is 4.79. The van der Waals surface area contributed by atoms with Crippen LogP contribution < -0.4 is 9.62 Å². The van der Waals surface area contributed by atoms with Crippen LogP contribution in [0.1, 0.15) is 31.4 Å². The molecule has 0 aliphatic rings. The third-order valence-corrected chi connectivity index (χ3v) is 8.21. The molecule has 0 heterocycles. The minimum atomic E-state index is -4.13. The van der Waals surface area contributed by atoms with Crippen molar-refractivity contribution >= 4 is 39.1 Å². The second-order valence-electron chi connectivity index (χ2n) is 8.68. The number of rotatable bonds is 11. The van der Waals surface area contributed by atoms with Crippen LogP contribution in [0.4, 0.5) is 5.69 Å². The number of carbonyl (C=O) groups excluding carboxylic acids is 2. The molecule has 9 heteroatoms. The molecule has 3 rings (SSSR count). The maximum absolute atomic E-state index is 13.8. The highest BCUT2D eigenvalue weighted by Crippen LogP contribution is 2.31. The molecule has 2 amide bonds. The molecule has 0 aliphatic heterocycles. The molecule has 3 aromatic rings. The number of halogens is 1. The molecule has 7 nitrogen and oxygen atoms in total. The Morgan fingerprint density at radius 2 is 1.57 bits per heavy atom. The van der Waals surface area contributed by atoms with Gasteiger partial charge in [0.2, 0.25) is 11.8 Å². The quantitative estimate of drug-likeness (QED) is 0.378. The van der Waals surface area contributed by atoms with Gasteiger partial charge in [-0.2, -0.15) is 0 Å². The van der Waals surface area contributed by atoms with Crippen LogP contribution in [0.3, 0.4) is 0 Å². The number of hydrogen-bond acceptors (Lipinski definition) is 4. The normalized spacial score (nSPS) is 12.0. The fourth-order valence-electron chi connectivity index (χ4n) is 3.86. The molecule has 0 aliphatic carbocycles. The molecule has 1 N–H and O–H groups in total. The summed E-state index contributed by atoms with van der Waals surface area (Å²) < 4.78 is 28.7. The van der Waals surface area contributed by atoms with E-state index in [1.54, 1.807) is 50.2 Å². The second kappa shape index (κ2) is 12.7. The minimum Gasteiger partial charge on any atom is -0.354 e. The lowest BCUT2D eigenvalue weighted by Crippen LogP contribution is -2.51. The maximum atomic E-state index is 13.8. The molecule has 0 fully saturated rings. The molecule has 3 aromatic carbocycles.